The predicted molar refractivity (Wildman–Crippen MR) is 76.6 cm³/mol. The summed E-state index contributed by atoms with van der Waals surface area (Å²) in [5.41, 5.74) is 7.28. The van der Waals surface area contributed by atoms with Gasteiger partial charge in [-0.15, -0.1) is 0 Å². The largest absolute Gasteiger partial charge is 0.478 e. The summed E-state index contributed by atoms with van der Waals surface area (Å²) in [5, 5.41) is 14.0. The van der Waals surface area contributed by atoms with E-state index >= 15 is 0 Å². The molecule has 0 saturated carbocycles. The van der Waals surface area contributed by atoms with Crippen LogP contribution in [0.3, 0.4) is 0 Å². The van der Waals surface area contributed by atoms with Crippen LogP contribution >= 0.6 is 11.8 Å². The number of nitrogens with zero attached hydrogens (tertiary/aromatic N) is 3. The molecule has 0 aliphatic carbocycles. The lowest BCUT2D eigenvalue weighted by atomic mass is 10.1. The number of aromatic nitrogens is 3. The summed E-state index contributed by atoms with van der Waals surface area (Å²) in [5.74, 6) is 0.935. The lowest BCUT2D eigenvalue weighted by molar-refractivity contribution is 0.0697. The van der Waals surface area contributed by atoms with E-state index in [0.29, 0.717) is 16.7 Å². The van der Waals surface area contributed by atoms with Crippen molar-refractivity contribution in [3.05, 3.63) is 17.5 Å². The quantitative estimate of drug-likeness (QED) is 0.811. The van der Waals surface area contributed by atoms with Crippen molar-refractivity contribution < 1.29 is 9.90 Å². The van der Waals surface area contributed by atoms with E-state index in [0.717, 1.165) is 18.1 Å². The fraction of sp³-hybridized carbons (Fsp3) is 0.417. The van der Waals surface area contributed by atoms with Gasteiger partial charge in [-0.1, -0.05) is 6.92 Å². The number of carboxylic acid groups (broad SMARTS) is 1. The number of rotatable bonds is 5. The fourth-order valence-corrected chi connectivity index (χ4v) is 2.55. The number of carboxylic acids is 1. The van der Waals surface area contributed by atoms with Crippen LogP contribution in [0.15, 0.2) is 6.20 Å². The number of aromatic carboxylic acids is 1. The van der Waals surface area contributed by atoms with E-state index in [1.54, 1.807) is 17.8 Å². The molecule has 0 aliphatic rings. The predicted octanol–water partition coefficient (Wildman–Crippen LogP) is 1.77. The van der Waals surface area contributed by atoms with Gasteiger partial charge in [0.1, 0.15) is 5.56 Å². The van der Waals surface area contributed by atoms with E-state index in [9.17, 15) is 4.79 Å². The number of anilines is 1. The van der Waals surface area contributed by atoms with E-state index in [4.69, 9.17) is 10.8 Å². The number of aryl methyl sites for hydroxylation is 2. The first-order valence-electron chi connectivity index (χ1n) is 5.98. The molecule has 0 unspecified atom stereocenters. The van der Waals surface area contributed by atoms with Crippen molar-refractivity contribution in [3.8, 4) is 0 Å². The summed E-state index contributed by atoms with van der Waals surface area (Å²) in [6.07, 6.45) is 1.58. The smallest absolute Gasteiger partial charge is 0.339 e. The molecule has 0 bridgehead atoms. The van der Waals surface area contributed by atoms with Gasteiger partial charge in [0.2, 0.25) is 0 Å². The Balaban J connectivity index is 2.47. The van der Waals surface area contributed by atoms with E-state index in [1.807, 2.05) is 11.8 Å². The first kappa shape index (κ1) is 13.7. The molecule has 0 saturated heterocycles. The summed E-state index contributed by atoms with van der Waals surface area (Å²) in [7, 11) is 0. The van der Waals surface area contributed by atoms with Crippen molar-refractivity contribution in [1.82, 2.24) is 14.8 Å². The lowest BCUT2D eigenvalue weighted by Gasteiger charge is -2.07. The molecule has 0 aliphatic heterocycles. The Morgan fingerprint density at radius 2 is 2.32 bits per heavy atom. The van der Waals surface area contributed by atoms with Crippen LogP contribution in [0.2, 0.25) is 0 Å². The van der Waals surface area contributed by atoms with Gasteiger partial charge in [-0.05, 0) is 12.7 Å². The highest BCUT2D eigenvalue weighted by Gasteiger charge is 2.18. The van der Waals surface area contributed by atoms with Crippen LogP contribution in [0.4, 0.5) is 5.69 Å². The molecule has 19 heavy (non-hydrogen) atoms. The molecule has 2 aromatic heterocycles. The van der Waals surface area contributed by atoms with Crippen LogP contribution in [-0.2, 0) is 6.54 Å². The standard InChI is InChI=1S/C12H16N4O2S/c1-3-19-5-4-16-11-8(6-14-16)10(13)9(12(17)18)7(2)15-11/h6H,3-5H2,1-2H3,(H2,13,15)(H,17,18). The number of pyridine rings is 1. The van der Waals surface area contributed by atoms with E-state index in [2.05, 4.69) is 17.0 Å². The second kappa shape index (κ2) is 5.48. The van der Waals surface area contributed by atoms with Crippen LogP contribution in [0.1, 0.15) is 23.0 Å². The molecule has 102 valence electrons. The molecule has 2 aromatic rings. The van der Waals surface area contributed by atoms with Crippen LogP contribution in [0, 0.1) is 6.92 Å². The summed E-state index contributed by atoms with van der Waals surface area (Å²) in [6.45, 7) is 4.49. The second-order valence-corrected chi connectivity index (χ2v) is 5.49. The number of hydrogen-bond acceptors (Lipinski definition) is 5. The van der Waals surface area contributed by atoms with Crippen molar-refractivity contribution in [1.29, 1.82) is 0 Å². The maximum Gasteiger partial charge on any atom is 0.339 e. The van der Waals surface area contributed by atoms with Crippen molar-refractivity contribution in [3.63, 3.8) is 0 Å². The Morgan fingerprint density at radius 1 is 1.58 bits per heavy atom. The molecule has 0 aromatic carbocycles. The average molecular weight is 280 g/mol. The molecule has 2 rings (SSSR count). The number of fused-ring (bicyclic) bond motifs is 1. The number of thioether (sulfide) groups is 1. The summed E-state index contributed by atoms with van der Waals surface area (Å²) < 4.78 is 1.77. The molecule has 0 spiro atoms. The van der Waals surface area contributed by atoms with Crippen LogP contribution in [-0.4, -0.2) is 37.3 Å². The Bertz CT molecular complexity index is 624. The fourth-order valence-electron chi connectivity index (χ4n) is 1.96. The van der Waals surface area contributed by atoms with Crippen molar-refractivity contribution in [2.24, 2.45) is 0 Å². The number of hydrogen-bond donors (Lipinski definition) is 2. The third kappa shape index (κ3) is 2.51. The lowest BCUT2D eigenvalue weighted by Crippen LogP contribution is -2.09. The Hall–Kier alpha value is -1.76. The van der Waals surface area contributed by atoms with Crippen LogP contribution in [0.25, 0.3) is 11.0 Å². The zero-order valence-electron chi connectivity index (χ0n) is 10.9. The molecule has 3 N–H and O–H groups in total. The average Bonchev–Trinajstić information content (AvgIpc) is 2.72. The number of nitrogen functional groups attached to an aromatic ring is 1. The minimum Gasteiger partial charge on any atom is -0.478 e. The van der Waals surface area contributed by atoms with Crippen LogP contribution in [0.5, 0.6) is 0 Å². The van der Waals surface area contributed by atoms with Crippen molar-refractivity contribution in [2.75, 3.05) is 17.2 Å². The molecule has 0 radical (unpaired) electrons. The highest BCUT2D eigenvalue weighted by molar-refractivity contribution is 7.99. The summed E-state index contributed by atoms with van der Waals surface area (Å²) in [6, 6.07) is 0. The molecule has 6 nitrogen and oxygen atoms in total. The van der Waals surface area contributed by atoms with Gasteiger partial charge in [0.15, 0.2) is 5.65 Å². The third-order valence-corrected chi connectivity index (χ3v) is 3.75. The Labute approximate surface area is 115 Å². The normalized spacial score (nSPS) is 11.1. The van der Waals surface area contributed by atoms with Gasteiger partial charge in [0.05, 0.1) is 29.5 Å². The first-order chi connectivity index (χ1) is 9.06. The van der Waals surface area contributed by atoms with Gasteiger partial charge in [0.25, 0.3) is 0 Å². The van der Waals surface area contributed by atoms with E-state index in [1.165, 1.54) is 0 Å². The van der Waals surface area contributed by atoms with E-state index < -0.39 is 5.97 Å². The van der Waals surface area contributed by atoms with Gasteiger partial charge in [-0.2, -0.15) is 16.9 Å². The highest BCUT2D eigenvalue weighted by Crippen LogP contribution is 2.25. The van der Waals surface area contributed by atoms with E-state index in [-0.39, 0.29) is 11.3 Å². The van der Waals surface area contributed by atoms with Gasteiger partial charge < -0.3 is 10.8 Å². The molecule has 0 fully saturated rings. The molecule has 0 amide bonds. The minimum absolute atomic E-state index is 0.0648. The Morgan fingerprint density at radius 3 is 2.95 bits per heavy atom. The van der Waals surface area contributed by atoms with Gasteiger partial charge in [-0.25, -0.2) is 14.5 Å². The molecular formula is C12H16N4O2S. The molecular weight excluding hydrogens is 264 g/mol. The van der Waals surface area contributed by atoms with Crippen molar-refractivity contribution in [2.45, 2.75) is 20.4 Å². The van der Waals surface area contributed by atoms with Gasteiger partial charge in [-0.3, -0.25) is 0 Å². The number of nitrogens with two attached hydrogens (primary N) is 1. The molecule has 7 heteroatoms. The number of carbonyl (C=O) groups is 1. The maximum atomic E-state index is 11.2. The topological polar surface area (TPSA) is 94.0 Å². The van der Waals surface area contributed by atoms with Gasteiger partial charge in [0, 0.05) is 5.75 Å². The van der Waals surface area contributed by atoms with Gasteiger partial charge >= 0.3 is 5.97 Å². The zero-order valence-corrected chi connectivity index (χ0v) is 11.7. The Kier molecular flexibility index (Phi) is 3.94. The third-order valence-electron chi connectivity index (χ3n) is 2.87. The summed E-state index contributed by atoms with van der Waals surface area (Å²) in [4.78, 5) is 15.5. The second-order valence-electron chi connectivity index (χ2n) is 4.09. The molecule has 0 atom stereocenters. The maximum absolute atomic E-state index is 11.2. The molecule has 2 heterocycles. The summed E-state index contributed by atoms with van der Waals surface area (Å²) >= 11 is 1.82. The monoisotopic (exact) mass is 280 g/mol. The SMILES string of the molecule is CCSCCn1ncc2c(N)c(C(=O)O)c(C)nc21. The van der Waals surface area contributed by atoms with Crippen LogP contribution < -0.4 is 5.73 Å². The first-order valence-corrected chi connectivity index (χ1v) is 7.14. The van der Waals surface area contributed by atoms with Crippen molar-refractivity contribution >= 4 is 34.5 Å². The highest BCUT2D eigenvalue weighted by atomic mass is 32.2. The minimum atomic E-state index is -1.06. The zero-order chi connectivity index (χ0) is 14.0.